The van der Waals surface area contributed by atoms with E-state index < -0.39 is 66.4 Å². The van der Waals surface area contributed by atoms with Gasteiger partial charge >= 0.3 is 12.1 Å². The van der Waals surface area contributed by atoms with Gasteiger partial charge in [0.1, 0.15) is 77.2 Å². The number of aliphatic hydroxyl groups is 1. The second-order valence-electron chi connectivity index (χ2n) is 17.9. The Balaban J connectivity index is 1.13. The van der Waals surface area contributed by atoms with Crippen LogP contribution in [0.4, 0.5) is 19.0 Å². The predicted octanol–water partition coefficient (Wildman–Crippen LogP) is 8.70. The van der Waals surface area contributed by atoms with Crippen molar-refractivity contribution >= 4 is 109 Å². The molecule has 9 rings (SSSR count). The number of nitrogens with zero attached hydrogens (tertiary/aromatic N) is 7. The minimum atomic E-state index is -5.16. The smallest absolute Gasteiger partial charge is 0.386 e. The first-order valence-corrected chi connectivity index (χ1v) is 29.0. The zero-order valence-corrected chi connectivity index (χ0v) is 47.0. The molecule has 0 aliphatic carbocycles. The van der Waals surface area contributed by atoms with Crippen LogP contribution in [0, 0.1) is 12.8 Å². The highest BCUT2D eigenvalue weighted by molar-refractivity contribution is 7.15. The van der Waals surface area contributed by atoms with Gasteiger partial charge in [-0.3, -0.25) is 28.8 Å². The Morgan fingerprint density at radius 1 is 0.759 bits per heavy atom. The molecule has 0 radical (unpaired) electrons. The molecule has 7 aromatic heterocycles. The van der Waals surface area contributed by atoms with Crippen LogP contribution in [0.1, 0.15) is 113 Å². The number of Topliss-reactive ketones (excluding diaryl/α,β-unsaturated/α-hetero) is 1. The van der Waals surface area contributed by atoms with Crippen molar-refractivity contribution in [3.8, 4) is 43.4 Å². The van der Waals surface area contributed by atoms with Crippen LogP contribution < -0.4 is 26.6 Å². The van der Waals surface area contributed by atoms with Crippen LogP contribution in [0.3, 0.4) is 0 Å². The molecule has 8 heterocycles. The van der Waals surface area contributed by atoms with E-state index in [4.69, 9.17) is 29.7 Å². The van der Waals surface area contributed by atoms with Gasteiger partial charge in [-0.15, -0.1) is 68.0 Å². The van der Waals surface area contributed by atoms with Crippen molar-refractivity contribution in [1.29, 1.82) is 0 Å². The summed E-state index contributed by atoms with van der Waals surface area (Å²) in [4.78, 5) is 115. The lowest BCUT2D eigenvalue weighted by Crippen LogP contribution is -2.40. The number of pyridine rings is 1. The number of alkyl halides is 3. The van der Waals surface area contributed by atoms with Crippen LogP contribution in [-0.2, 0) is 25.7 Å². The number of carbonyl (C=O) groups is 6. The number of aromatic nitrogens is 7. The number of halogens is 3. The minimum Gasteiger partial charge on any atom is -0.386 e. The third kappa shape index (κ3) is 12.8. The SMILES string of the molecule is CNC(=O)C[C@@H]1NC(=O)c2csc(n2)-c2ccc(-c3nc(NC(=O)C(F)(F)F)cs3)nc2-c2csc(n2)-c2csc(n2)[C@H]([C@@H](O)c2ccccc2)NC(=O)CNC(=O)c2nc(sc2COC)[C@@H](C(C)C)CC(=O)c2nc1sc2C. The summed E-state index contributed by atoms with van der Waals surface area (Å²) in [5, 5.41) is 32.6. The molecule has 0 saturated heterocycles. The Hall–Kier alpha value is -7.12. The number of fused-ring (bicyclic) bond motifs is 14. The molecule has 1 aliphatic rings. The molecular formula is C50H45F3N12O8S6. The Labute approximate surface area is 471 Å². The second kappa shape index (κ2) is 24.1. The fraction of sp³-hybridized carbons (Fsp3) is 0.300. The Morgan fingerprint density at radius 3 is 2.19 bits per heavy atom. The highest BCUT2D eigenvalue weighted by atomic mass is 32.1. The maximum Gasteiger partial charge on any atom is 0.471 e. The summed E-state index contributed by atoms with van der Waals surface area (Å²) in [5.74, 6) is -5.96. The molecule has 1 aliphatic heterocycles. The van der Waals surface area contributed by atoms with Crippen molar-refractivity contribution < 1.29 is 51.8 Å². The van der Waals surface area contributed by atoms with Crippen LogP contribution in [0.2, 0.25) is 0 Å². The number of ketones is 1. The normalized spacial score (nSPS) is 16.9. The van der Waals surface area contributed by atoms with Gasteiger partial charge in [0.15, 0.2) is 5.78 Å². The summed E-state index contributed by atoms with van der Waals surface area (Å²) in [6.45, 7) is 5.04. The number of hydrogen-bond donors (Lipinski definition) is 6. The molecule has 29 heteroatoms. The van der Waals surface area contributed by atoms with Gasteiger partial charge in [0, 0.05) is 58.5 Å². The number of aryl methyl sites for hydroxylation is 1. The molecule has 8 aromatic rings. The molecule has 5 amide bonds. The van der Waals surface area contributed by atoms with E-state index in [0.29, 0.717) is 52.3 Å². The molecular weight excluding hydrogens is 1150 g/mol. The van der Waals surface area contributed by atoms with Crippen LogP contribution in [0.15, 0.2) is 64.0 Å². The van der Waals surface area contributed by atoms with Crippen molar-refractivity contribution in [3.05, 3.63) is 111 Å². The third-order valence-corrected chi connectivity index (χ3v) is 17.9. The van der Waals surface area contributed by atoms with E-state index in [9.17, 15) is 47.0 Å². The molecule has 0 spiro atoms. The predicted molar refractivity (Wildman–Crippen MR) is 293 cm³/mol. The fourth-order valence-corrected chi connectivity index (χ4v) is 13.6. The Morgan fingerprint density at radius 2 is 1.46 bits per heavy atom. The first kappa shape index (κ1) is 56.6. The van der Waals surface area contributed by atoms with Gasteiger partial charge in [-0.1, -0.05) is 44.2 Å². The zero-order valence-electron chi connectivity index (χ0n) is 42.1. The van der Waals surface area contributed by atoms with Gasteiger partial charge in [0.05, 0.1) is 41.2 Å². The van der Waals surface area contributed by atoms with Gasteiger partial charge in [-0.05, 0) is 30.5 Å². The number of rotatable bonds is 9. The highest BCUT2D eigenvalue weighted by Gasteiger charge is 2.39. The molecule has 0 saturated carbocycles. The van der Waals surface area contributed by atoms with Crippen LogP contribution in [0.5, 0.6) is 0 Å². The van der Waals surface area contributed by atoms with E-state index in [0.717, 1.165) is 45.3 Å². The fourth-order valence-electron chi connectivity index (χ4n) is 8.08. The van der Waals surface area contributed by atoms with Crippen LogP contribution in [-0.4, -0.2) is 102 Å². The molecule has 0 fully saturated rings. The van der Waals surface area contributed by atoms with E-state index in [1.807, 2.05) is 13.8 Å². The second-order valence-corrected chi connectivity index (χ2v) is 23.7. The molecule has 20 nitrogen and oxygen atoms in total. The molecule has 410 valence electrons. The van der Waals surface area contributed by atoms with Crippen molar-refractivity contribution in [3.63, 3.8) is 0 Å². The maximum atomic E-state index is 14.3. The van der Waals surface area contributed by atoms with E-state index in [1.165, 1.54) is 47.6 Å². The number of nitrogens with one attached hydrogen (secondary N) is 5. The number of hydrogen-bond acceptors (Lipinski definition) is 21. The van der Waals surface area contributed by atoms with Crippen molar-refractivity contribution in [2.24, 2.45) is 5.92 Å². The maximum absolute atomic E-state index is 14.3. The van der Waals surface area contributed by atoms with Gasteiger partial charge in [0.25, 0.3) is 11.8 Å². The molecule has 6 N–H and O–H groups in total. The molecule has 10 bridgehead atoms. The number of anilines is 1. The summed E-state index contributed by atoms with van der Waals surface area (Å²) in [7, 11) is 2.91. The third-order valence-electron chi connectivity index (χ3n) is 12.1. The first-order valence-electron chi connectivity index (χ1n) is 23.8. The summed E-state index contributed by atoms with van der Waals surface area (Å²) in [6, 6.07) is 9.68. The molecule has 4 atom stereocenters. The lowest BCUT2D eigenvalue weighted by atomic mass is 9.90. The quantitative estimate of drug-likeness (QED) is 0.0788. The minimum absolute atomic E-state index is 0.00925. The summed E-state index contributed by atoms with van der Waals surface area (Å²) < 4.78 is 44.8. The monoisotopic (exact) mass is 1190 g/mol. The van der Waals surface area contributed by atoms with Gasteiger partial charge in [0.2, 0.25) is 11.8 Å². The van der Waals surface area contributed by atoms with E-state index >= 15 is 0 Å². The van der Waals surface area contributed by atoms with Gasteiger partial charge < -0.3 is 36.4 Å². The number of ether oxygens (including phenoxy) is 1. The number of benzene rings is 1. The average molecular weight is 1190 g/mol. The molecule has 0 unspecified atom stereocenters. The standard InChI is InChI=1S/C50H45F3N12O8S6/c1-21(2)25-13-31(66)36-22(3)78-47(64-36)27(14-34(67)54-4)57-41(70)29-18-74-43(59-29)24-11-12-26(45-61-33(20-77-45)62-49(72)50(51,52)53)56-37(24)28-17-75-46(58-28)30-19-76-48(60-30)39(40(69)23-9-7-6-8-10-23)63-35(68)15-55-42(71)38-32(16-73-5)79-44(25)65-38/h6-12,17-21,25,27,39-40,69H,13-16H2,1-5H3,(H,54,67)(H,55,71)(H,57,70)(H,62,72)(H,63,68)/t25-,27+,39+,40+/m1/s1. The van der Waals surface area contributed by atoms with Crippen molar-refractivity contribution in [2.45, 2.75) is 70.5 Å². The van der Waals surface area contributed by atoms with Crippen molar-refractivity contribution in [2.75, 3.05) is 26.0 Å². The number of thiazole rings is 6. The van der Waals surface area contributed by atoms with Crippen LogP contribution in [0.25, 0.3) is 43.4 Å². The number of methoxy groups -OCH3 is 1. The molecule has 1 aromatic carbocycles. The Kier molecular flexibility index (Phi) is 17.3. The number of aliphatic hydroxyl groups excluding tert-OH is 1. The average Bonchev–Trinajstić information content (AvgIpc) is 4.35. The van der Waals surface area contributed by atoms with E-state index in [2.05, 4.69) is 31.2 Å². The van der Waals surface area contributed by atoms with E-state index in [-0.39, 0.29) is 75.5 Å². The first-order chi connectivity index (χ1) is 37.8. The lowest BCUT2D eigenvalue weighted by molar-refractivity contribution is -0.167. The van der Waals surface area contributed by atoms with Gasteiger partial charge in [-0.25, -0.2) is 34.9 Å². The highest BCUT2D eigenvalue weighted by Crippen LogP contribution is 2.41. The van der Waals surface area contributed by atoms with Crippen molar-refractivity contribution in [1.82, 2.24) is 56.2 Å². The zero-order chi connectivity index (χ0) is 56.3. The summed E-state index contributed by atoms with van der Waals surface area (Å²) in [5.41, 5.74) is 2.04. The van der Waals surface area contributed by atoms with Crippen LogP contribution >= 0.6 is 68.0 Å². The Bertz CT molecular complexity index is 3590. The number of amides is 5. The summed E-state index contributed by atoms with van der Waals surface area (Å²) >= 11 is 6.70. The lowest BCUT2D eigenvalue weighted by Gasteiger charge is -2.23. The topological polar surface area (TPSA) is 282 Å². The summed E-state index contributed by atoms with van der Waals surface area (Å²) in [6.07, 6.45) is -6.77. The largest absolute Gasteiger partial charge is 0.471 e. The van der Waals surface area contributed by atoms with Gasteiger partial charge in [-0.2, -0.15) is 13.2 Å². The number of carbonyl (C=O) groups excluding carboxylic acids is 6. The van der Waals surface area contributed by atoms with E-state index in [1.54, 1.807) is 65.5 Å². The molecule has 79 heavy (non-hydrogen) atoms.